The van der Waals surface area contributed by atoms with Gasteiger partial charge in [0.05, 0.1) is 11.8 Å². The van der Waals surface area contributed by atoms with Gasteiger partial charge in [0.15, 0.2) is 0 Å². The number of nitrogens with one attached hydrogen (secondary N) is 1. The summed E-state index contributed by atoms with van der Waals surface area (Å²) in [7, 11) is -5.17. The second-order valence-electron chi connectivity index (χ2n) is 3.85. The quantitative estimate of drug-likeness (QED) is 0.195. The molecule has 8 nitrogen and oxygen atoms in total. The maximum atomic E-state index is 8.52. The Hall–Kier alpha value is -1.39. The molecule has 0 bridgehead atoms. The van der Waals surface area contributed by atoms with Gasteiger partial charge in [-0.3, -0.25) is 13.8 Å². The second-order valence-corrected chi connectivity index (χ2v) is 5.51. The van der Waals surface area contributed by atoms with E-state index in [-0.39, 0.29) is 22.8 Å². The summed E-state index contributed by atoms with van der Waals surface area (Å²) in [5.41, 5.74) is 3.29. The number of hydrogen-bond donors (Lipinski definition) is 1. The molecule has 0 aliphatic heterocycles. The molecule has 0 unspecified atom stereocenters. The molecule has 0 saturated carbocycles. The molecule has 0 radical (unpaired) electrons. The fourth-order valence-electron chi connectivity index (χ4n) is 1.29. The molecule has 24 heavy (non-hydrogen) atoms. The van der Waals surface area contributed by atoms with Gasteiger partial charge in [-0.25, -0.2) is 4.98 Å². The van der Waals surface area contributed by atoms with E-state index >= 15 is 0 Å². The third-order valence-electron chi connectivity index (χ3n) is 2.13. The van der Waals surface area contributed by atoms with Crippen molar-refractivity contribution in [2.24, 2.45) is 5.10 Å². The maximum absolute atomic E-state index is 8.52. The van der Waals surface area contributed by atoms with E-state index in [0.717, 1.165) is 0 Å². The van der Waals surface area contributed by atoms with E-state index in [2.05, 4.69) is 15.5 Å². The summed E-state index contributed by atoms with van der Waals surface area (Å²) in [6.45, 7) is 0. The summed E-state index contributed by atoms with van der Waals surface area (Å²) >= 11 is 11.7. The average molecular weight is 435 g/mol. The van der Waals surface area contributed by atoms with Crippen molar-refractivity contribution in [3.05, 3.63) is 52.1 Å². The van der Waals surface area contributed by atoms with Crippen LogP contribution in [-0.4, -0.2) is 33.8 Å². The maximum Gasteiger partial charge on any atom is 2.00 e. The number of nitrogens with zero attached hydrogens (tertiary/aromatic N) is 2. The van der Waals surface area contributed by atoms with Gasteiger partial charge in [-0.2, -0.15) is 5.10 Å². The van der Waals surface area contributed by atoms with Gasteiger partial charge in [0.2, 0.25) is 0 Å². The predicted molar refractivity (Wildman–Crippen MR) is 85.5 cm³/mol. The van der Waals surface area contributed by atoms with Crippen LogP contribution in [-0.2, 0) is 27.5 Å². The van der Waals surface area contributed by atoms with Gasteiger partial charge in [-0.05, 0) is 24.3 Å². The molecule has 1 aromatic carbocycles. The summed E-state index contributed by atoms with van der Waals surface area (Å²) in [6.07, 6.45) is 3.14. The largest absolute Gasteiger partial charge is 2.00 e. The van der Waals surface area contributed by atoms with Gasteiger partial charge in [-0.1, -0.05) is 29.3 Å². The van der Waals surface area contributed by atoms with Crippen LogP contribution < -0.4 is 5.43 Å². The van der Waals surface area contributed by atoms with Crippen LogP contribution in [0.25, 0.3) is 0 Å². The predicted octanol–water partition coefficient (Wildman–Crippen LogP) is 1.93. The average Bonchev–Trinajstić information content (AvgIpc) is 2.43. The third kappa shape index (κ3) is 9.68. The smallest absolute Gasteiger partial charge is 0.759 e. The molecule has 12 heteroatoms. The van der Waals surface area contributed by atoms with Crippen LogP contribution >= 0.6 is 23.2 Å². The van der Waals surface area contributed by atoms with Gasteiger partial charge in [-0.15, -0.1) is 0 Å². The molecule has 2 aromatic rings. The monoisotopic (exact) mass is 434 g/mol. The number of pyridine rings is 1. The molecule has 0 amide bonds. The van der Waals surface area contributed by atoms with Crippen molar-refractivity contribution in [3.8, 4) is 5.75 Å². The number of hydrazone groups is 1. The summed E-state index contributed by atoms with van der Waals surface area (Å²) in [5.74, 6) is 0.807. The normalized spacial score (nSPS) is 10.5. The second kappa shape index (κ2) is 10.5. The summed E-state index contributed by atoms with van der Waals surface area (Å²) < 4.78 is 34.1. The third-order valence-corrected chi connectivity index (χ3v) is 2.65. The summed E-state index contributed by atoms with van der Waals surface area (Å²) in [4.78, 5) is 4.04. The standard InChI is InChI=1S/C12H9Cl2N3O.Fe.H2O4S/c13-9-5-8(12(18)10(14)6-9)7-16-17-11-3-1-2-4-15-11;;1-5(2,3)4/h1-7,18H,(H,15,17);;(H2,1,2,3,4)/q;+2;/p-1/b16-7+;;. The number of aromatic nitrogens is 1. The number of halogens is 2. The molecule has 3 N–H and O–H groups in total. The molecule has 2 rings (SSSR count). The van der Waals surface area contributed by atoms with Crippen LogP contribution in [0.5, 0.6) is 5.75 Å². The molecule has 0 fully saturated rings. The van der Waals surface area contributed by atoms with E-state index in [1.165, 1.54) is 12.3 Å². The molecule has 0 aliphatic carbocycles. The summed E-state index contributed by atoms with van der Waals surface area (Å²) in [6, 6.07) is 8.59. The van der Waals surface area contributed by atoms with E-state index in [1.54, 1.807) is 18.3 Å². The van der Waals surface area contributed by atoms with E-state index in [0.29, 0.717) is 21.4 Å². The minimum absolute atomic E-state index is 0. The van der Waals surface area contributed by atoms with Crippen LogP contribution in [0.15, 0.2) is 41.6 Å². The Labute approximate surface area is 158 Å². The number of anilines is 1. The zero-order chi connectivity index (χ0) is 17.5. The van der Waals surface area contributed by atoms with Gasteiger partial charge in [0.1, 0.15) is 10.8 Å². The van der Waals surface area contributed by atoms with Crippen LogP contribution in [0.3, 0.4) is 0 Å². The van der Waals surface area contributed by atoms with Crippen molar-refractivity contribution < 1.29 is 39.7 Å². The van der Waals surface area contributed by atoms with Gasteiger partial charge >= 0.3 is 17.1 Å². The van der Waals surface area contributed by atoms with Gasteiger partial charge < -0.3 is 14.2 Å². The minimum Gasteiger partial charge on any atom is -0.759 e. The van der Waals surface area contributed by atoms with Gasteiger partial charge in [0.25, 0.3) is 5.75 Å². The topological polar surface area (TPSA) is 140 Å². The molecule has 0 spiro atoms. The van der Waals surface area contributed by atoms with E-state index in [9.17, 15) is 0 Å². The van der Waals surface area contributed by atoms with E-state index in [1.807, 2.05) is 12.1 Å². The fraction of sp³-hybridized carbons (Fsp3) is 0. The fourth-order valence-corrected chi connectivity index (χ4v) is 1.80. The summed E-state index contributed by atoms with van der Waals surface area (Å²) in [5, 5.41) is 12.5. The number of benzene rings is 1. The Morgan fingerprint density at radius 2 is 1.88 bits per heavy atom. The Kier molecular flexibility index (Phi) is 9.86. The minimum atomic E-state index is -5.17. The first-order chi connectivity index (χ1) is 10.7. The Bertz CT molecular complexity index is 783. The first-order valence-electron chi connectivity index (χ1n) is 5.74. The Balaban J connectivity index is 0.000000777. The zero-order valence-corrected chi connectivity index (χ0v) is 15.0. The van der Waals surface area contributed by atoms with Crippen LogP contribution in [0.4, 0.5) is 5.82 Å². The van der Waals surface area contributed by atoms with E-state index < -0.39 is 10.4 Å². The number of hydrogen-bond acceptors (Lipinski definition) is 7. The number of rotatable bonds is 3. The molecule has 130 valence electrons. The molecule has 1 aromatic heterocycles. The van der Waals surface area contributed by atoms with Crippen LogP contribution in [0.1, 0.15) is 5.56 Å². The van der Waals surface area contributed by atoms with Crippen molar-refractivity contribution in [2.45, 2.75) is 0 Å². The van der Waals surface area contributed by atoms with Crippen molar-refractivity contribution in [1.82, 2.24) is 4.98 Å². The molecular formula is C12H10Cl2FeN3O5S+. The van der Waals surface area contributed by atoms with Crippen LogP contribution in [0.2, 0.25) is 10.0 Å². The van der Waals surface area contributed by atoms with Crippen molar-refractivity contribution in [2.75, 3.05) is 5.43 Å². The Morgan fingerprint density at radius 1 is 1.25 bits per heavy atom. The van der Waals surface area contributed by atoms with Gasteiger partial charge in [0, 0.05) is 21.6 Å². The molecule has 0 saturated heterocycles. The molecule has 0 atom stereocenters. The zero-order valence-electron chi connectivity index (χ0n) is 11.6. The first kappa shape index (κ1) is 22.6. The first-order valence-corrected chi connectivity index (χ1v) is 7.83. The van der Waals surface area contributed by atoms with Crippen LogP contribution in [0, 0.1) is 0 Å². The molecule has 1 heterocycles. The van der Waals surface area contributed by atoms with E-state index in [4.69, 9.17) is 45.8 Å². The molecular weight excluding hydrogens is 425 g/mol. The SMILES string of the molecule is O=S(=O)([O-])[O-].[Fe+2].[OH2+]c1c(Cl)cc(Cl)cc1/C=N/Nc1ccccn1. The Morgan fingerprint density at radius 3 is 2.42 bits per heavy atom. The molecule has 0 aliphatic rings. The van der Waals surface area contributed by atoms with Crippen molar-refractivity contribution in [1.29, 1.82) is 0 Å². The van der Waals surface area contributed by atoms with Crippen molar-refractivity contribution >= 4 is 45.6 Å². The van der Waals surface area contributed by atoms with Crippen molar-refractivity contribution in [3.63, 3.8) is 0 Å².